The Morgan fingerprint density at radius 1 is 1.30 bits per heavy atom. The molecule has 126 valence electrons. The summed E-state index contributed by atoms with van der Waals surface area (Å²) in [5, 5.41) is 3.21. The van der Waals surface area contributed by atoms with Crippen molar-refractivity contribution < 1.29 is 9.59 Å². The van der Waals surface area contributed by atoms with Crippen molar-refractivity contribution in [2.45, 2.75) is 26.3 Å². The summed E-state index contributed by atoms with van der Waals surface area (Å²) in [7, 11) is 1.81. The fourth-order valence-electron chi connectivity index (χ4n) is 3.25. The highest BCUT2D eigenvalue weighted by Crippen LogP contribution is 2.21. The molecule has 3 rings (SSSR count). The van der Waals surface area contributed by atoms with Crippen LogP contribution >= 0.6 is 11.3 Å². The van der Waals surface area contributed by atoms with Gasteiger partial charge in [0.25, 0.3) is 0 Å². The lowest BCUT2D eigenvalue weighted by atomic mass is 9.94. The zero-order valence-electron chi connectivity index (χ0n) is 13.8. The highest BCUT2D eigenvalue weighted by molar-refractivity contribution is 7.09. The fourth-order valence-corrected chi connectivity index (χ4v) is 3.85. The number of thiazole rings is 1. The van der Waals surface area contributed by atoms with E-state index in [1.54, 1.807) is 16.2 Å². The molecule has 1 aromatic heterocycles. The summed E-state index contributed by atoms with van der Waals surface area (Å²) >= 11 is 1.68. The number of piperidine rings is 1. The lowest BCUT2D eigenvalue weighted by molar-refractivity contribution is -0.145. The van der Waals surface area contributed by atoms with E-state index in [0.29, 0.717) is 13.0 Å². The van der Waals surface area contributed by atoms with Crippen LogP contribution in [-0.2, 0) is 16.1 Å². The highest BCUT2D eigenvalue weighted by atomic mass is 32.1. The summed E-state index contributed by atoms with van der Waals surface area (Å²) in [5.41, 5.74) is 1.12. The molecule has 2 aliphatic rings. The summed E-state index contributed by atoms with van der Waals surface area (Å²) in [6.45, 7) is 6.84. The van der Waals surface area contributed by atoms with Gasteiger partial charge in [0.05, 0.1) is 10.7 Å². The van der Waals surface area contributed by atoms with E-state index < -0.39 is 0 Å². The van der Waals surface area contributed by atoms with Crippen molar-refractivity contribution in [2.75, 3.05) is 39.8 Å². The molecule has 2 aliphatic heterocycles. The van der Waals surface area contributed by atoms with Crippen molar-refractivity contribution >= 4 is 23.2 Å². The Morgan fingerprint density at radius 3 is 2.65 bits per heavy atom. The third kappa shape index (κ3) is 3.90. The number of aryl methyl sites for hydroxylation is 1. The molecule has 0 bridgehead atoms. The second-order valence-electron chi connectivity index (χ2n) is 6.46. The lowest BCUT2D eigenvalue weighted by Gasteiger charge is -2.37. The molecule has 2 amide bonds. The summed E-state index contributed by atoms with van der Waals surface area (Å²) in [6.07, 6.45) is 1.16. The van der Waals surface area contributed by atoms with Crippen LogP contribution in [0.4, 0.5) is 0 Å². The van der Waals surface area contributed by atoms with Gasteiger partial charge in [-0.25, -0.2) is 4.98 Å². The third-order valence-electron chi connectivity index (χ3n) is 4.75. The third-order valence-corrected chi connectivity index (χ3v) is 5.57. The van der Waals surface area contributed by atoms with E-state index in [2.05, 4.69) is 15.3 Å². The minimum Gasteiger partial charge on any atom is -0.346 e. The number of hydrogen-bond acceptors (Lipinski definition) is 5. The summed E-state index contributed by atoms with van der Waals surface area (Å²) in [4.78, 5) is 34.9. The van der Waals surface area contributed by atoms with E-state index in [4.69, 9.17) is 0 Å². The van der Waals surface area contributed by atoms with Crippen molar-refractivity contribution in [1.29, 1.82) is 0 Å². The predicted octanol–water partition coefficient (Wildman–Crippen LogP) is 0.964. The van der Waals surface area contributed by atoms with Crippen LogP contribution in [0.3, 0.4) is 0 Å². The number of carbonyl (C=O) groups excluding carboxylic acids is 2. The van der Waals surface area contributed by atoms with E-state index in [1.165, 1.54) is 0 Å². The summed E-state index contributed by atoms with van der Waals surface area (Å²) < 4.78 is 0. The Kier molecular flexibility index (Phi) is 4.96. The average molecular weight is 336 g/mol. The number of aromatic nitrogens is 1. The molecule has 0 N–H and O–H groups in total. The van der Waals surface area contributed by atoms with Crippen LogP contribution in [-0.4, -0.2) is 71.3 Å². The van der Waals surface area contributed by atoms with E-state index in [1.807, 2.05) is 18.9 Å². The highest BCUT2D eigenvalue weighted by Gasteiger charge is 2.32. The molecule has 23 heavy (non-hydrogen) atoms. The standard InChI is InChI=1S/C16H24N4O2S/c1-12-17-14(11-23-12)10-19-5-7-20(8-6-19)16(22)13-3-4-18(2)15(21)9-13/h11,13H,3-10H2,1-2H3/t13-/m0/s1. The van der Waals surface area contributed by atoms with E-state index in [9.17, 15) is 9.59 Å². The molecule has 0 unspecified atom stereocenters. The Hall–Kier alpha value is -1.47. The Morgan fingerprint density at radius 2 is 2.04 bits per heavy atom. The molecular formula is C16H24N4O2S. The largest absolute Gasteiger partial charge is 0.346 e. The number of likely N-dealkylation sites (tertiary alicyclic amines) is 1. The first-order valence-electron chi connectivity index (χ1n) is 8.19. The van der Waals surface area contributed by atoms with Crippen LogP contribution in [0, 0.1) is 12.8 Å². The Labute approximate surface area is 141 Å². The molecule has 1 aromatic rings. The molecule has 0 saturated carbocycles. The number of piperazine rings is 1. The maximum absolute atomic E-state index is 12.6. The van der Waals surface area contributed by atoms with E-state index >= 15 is 0 Å². The van der Waals surface area contributed by atoms with Gasteiger partial charge in [0.1, 0.15) is 0 Å². The molecule has 3 heterocycles. The minimum atomic E-state index is -0.119. The molecule has 7 heteroatoms. The first-order valence-corrected chi connectivity index (χ1v) is 9.07. The molecule has 0 aromatic carbocycles. The average Bonchev–Trinajstić information content (AvgIpc) is 2.95. The van der Waals surface area contributed by atoms with Crippen LogP contribution in [0.5, 0.6) is 0 Å². The van der Waals surface area contributed by atoms with Crippen LogP contribution in [0.2, 0.25) is 0 Å². The van der Waals surface area contributed by atoms with E-state index in [0.717, 1.165) is 49.8 Å². The van der Waals surface area contributed by atoms with Gasteiger partial charge in [-0.1, -0.05) is 0 Å². The first kappa shape index (κ1) is 16.4. The van der Waals surface area contributed by atoms with Gasteiger partial charge in [0.2, 0.25) is 11.8 Å². The smallest absolute Gasteiger partial charge is 0.226 e. The number of amides is 2. The second kappa shape index (κ2) is 6.97. The number of rotatable bonds is 3. The zero-order chi connectivity index (χ0) is 16.4. The number of nitrogens with zero attached hydrogens (tertiary/aromatic N) is 4. The van der Waals surface area contributed by atoms with Gasteiger partial charge in [0.15, 0.2) is 0 Å². The van der Waals surface area contributed by atoms with Gasteiger partial charge in [-0.05, 0) is 13.3 Å². The first-order chi connectivity index (χ1) is 11.0. The van der Waals surface area contributed by atoms with Gasteiger partial charge >= 0.3 is 0 Å². The van der Waals surface area contributed by atoms with Crippen LogP contribution < -0.4 is 0 Å². The fraction of sp³-hybridized carbons (Fsp3) is 0.688. The maximum atomic E-state index is 12.6. The monoisotopic (exact) mass is 336 g/mol. The zero-order valence-corrected chi connectivity index (χ0v) is 14.6. The lowest BCUT2D eigenvalue weighted by Crippen LogP contribution is -2.51. The molecule has 0 spiro atoms. The van der Waals surface area contributed by atoms with Crippen molar-refractivity contribution in [1.82, 2.24) is 19.7 Å². The van der Waals surface area contributed by atoms with Crippen molar-refractivity contribution in [2.24, 2.45) is 5.92 Å². The Bertz CT molecular complexity index is 580. The molecular weight excluding hydrogens is 312 g/mol. The van der Waals surface area contributed by atoms with Crippen LogP contribution in [0.1, 0.15) is 23.5 Å². The number of hydrogen-bond donors (Lipinski definition) is 0. The second-order valence-corrected chi connectivity index (χ2v) is 7.53. The molecule has 0 radical (unpaired) electrons. The van der Waals surface area contributed by atoms with Gasteiger partial charge < -0.3 is 9.80 Å². The molecule has 2 saturated heterocycles. The quantitative estimate of drug-likeness (QED) is 0.825. The summed E-state index contributed by atoms with van der Waals surface area (Å²) in [5.74, 6) is 0.134. The van der Waals surface area contributed by atoms with Crippen LogP contribution in [0.25, 0.3) is 0 Å². The van der Waals surface area contributed by atoms with Crippen LogP contribution in [0.15, 0.2) is 5.38 Å². The maximum Gasteiger partial charge on any atom is 0.226 e. The van der Waals surface area contributed by atoms with Gasteiger partial charge in [-0.2, -0.15) is 0 Å². The van der Waals surface area contributed by atoms with Gasteiger partial charge in [-0.15, -0.1) is 11.3 Å². The molecule has 1 atom stereocenters. The molecule has 2 fully saturated rings. The molecule has 0 aliphatic carbocycles. The minimum absolute atomic E-state index is 0.0899. The normalized spacial score (nSPS) is 23.4. The molecule has 6 nitrogen and oxygen atoms in total. The van der Waals surface area contributed by atoms with Crippen molar-refractivity contribution in [3.8, 4) is 0 Å². The summed E-state index contributed by atoms with van der Waals surface area (Å²) in [6, 6.07) is 0. The SMILES string of the molecule is Cc1nc(CN2CCN(C(=O)[C@H]3CCN(C)C(=O)C3)CC2)cs1. The van der Waals surface area contributed by atoms with Gasteiger partial charge in [0, 0.05) is 64.0 Å². The predicted molar refractivity (Wildman–Crippen MR) is 89.1 cm³/mol. The van der Waals surface area contributed by atoms with Crippen molar-refractivity contribution in [3.05, 3.63) is 16.1 Å². The van der Waals surface area contributed by atoms with Gasteiger partial charge in [-0.3, -0.25) is 14.5 Å². The van der Waals surface area contributed by atoms with Crippen molar-refractivity contribution in [3.63, 3.8) is 0 Å². The topological polar surface area (TPSA) is 56.8 Å². The Balaban J connectivity index is 1.48. The van der Waals surface area contributed by atoms with E-state index in [-0.39, 0.29) is 17.7 Å². The number of carbonyl (C=O) groups is 2.